The normalized spacial score (nSPS) is 19.7. The summed E-state index contributed by atoms with van der Waals surface area (Å²) in [6.45, 7) is 0.869. The lowest BCUT2D eigenvalue weighted by Gasteiger charge is -2.15. The van der Waals surface area contributed by atoms with Crippen molar-refractivity contribution in [1.29, 1.82) is 0 Å². The van der Waals surface area contributed by atoms with E-state index in [1.807, 2.05) is 0 Å². The third kappa shape index (κ3) is 2.42. The molecule has 0 bridgehead atoms. The second-order valence-corrected chi connectivity index (χ2v) is 3.93. The van der Waals surface area contributed by atoms with Crippen molar-refractivity contribution in [2.75, 3.05) is 13.1 Å². The maximum atomic E-state index is 13.0. The number of amides is 1. The number of hydrogen-bond acceptors (Lipinski definition) is 3. The fourth-order valence-corrected chi connectivity index (χ4v) is 1.84. The molecule has 0 spiro atoms. The third-order valence-corrected chi connectivity index (χ3v) is 2.79. The Morgan fingerprint density at radius 3 is 2.76 bits per heavy atom. The van der Waals surface area contributed by atoms with Gasteiger partial charge in [-0.3, -0.25) is 9.63 Å². The Balaban J connectivity index is 2.12. The number of rotatable bonds is 2. The lowest BCUT2D eigenvalue weighted by molar-refractivity contribution is 0.0537. The van der Waals surface area contributed by atoms with Crippen LogP contribution in [-0.4, -0.2) is 30.0 Å². The molecular formula is C11H12F2N2O2. The summed E-state index contributed by atoms with van der Waals surface area (Å²) in [5, 5.41) is 0. The number of carbonyl (C=O) groups excluding carboxylic acids is 1. The van der Waals surface area contributed by atoms with E-state index in [1.165, 1.54) is 11.0 Å². The van der Waals surface area contributed by atoms with Crippen LogP contribution in [0.4, 0.5) is 8.78 Å². The van der Waals surface area contributed by atoms with Crippen LogP contribution in [0.3, 0.4) is 0 Å². The first-order valence-electron chi connectivity index (χ1n) is 5.21. The fraction of sp³-hybridized carbons (Fsp3) is 0.364. The highest BCUT2D eigenvalue weighted by Gasteiger charge is 2.27. The average molecular weight is 242 g/mol. The summed E-state index contributed by atoms with van der Waals surface area (Å²) in [5.41, 5.74) is 0.126. The molecular weight excluding hydrogens is 230 g/mol. The summed E-state index contributed by atoms with van der Waals surface area (Å²) in [6, 6.07) is 3.10. The summed E-state index contributed by atoms with van der Waals surface area (Å²) >= 11 is 0. The number of nitrogens with zero attached hydrogens (tertiary/aromatic N) is 1. The van der Waals surface area contributed by atoms with Gasteiger partial charge < -0.3 is 4.90 Å². The zero-order valence-electron chi connectivity index (χ0n) is 9.03. The minimum atomic E-state index is -1.03. The Hall–Kier alpha value is -1.53. The van der Waals surface area contributed by atoms with Gasteiger partial charge in [0.25, 0.3) is 5.91 Å². The molecule has 0 radical (unpaired) electrons. The van der Waals surface area contributed by atoms with Crippen molar-refractivity contribution in [2.24, 2.45) is 5.90 Å². The molecule has 1 atom stereocenters. The first-order chi connectivity index (χ1) is 8.11. The number of likely N-dealkylation sites (tertiary alicyclic amines) is 1. The zero-order valence-corrected chi connectivity index (χ0v) is 9.03. The SMILES string of the molecule is NOC1CCN(C(=O)c2ccc(F)c(F)c2)C1. The van der Waals surface area contributed by atoms with Crippen molar-refractivity contribution in [3.63, 3.8) is 0 Å². The molecule has 1 aliphatic rings. The molecule has 1 unspecified atom stereocenters. The fourth-order valence-electron chi connectivity index (χ4n) is 1.84. The molecule has 1 saturated heterocycles. The average Bonchev–Trinajstić information content (AvgIpc) is 2.80. The van der Waals surface area contributed by atoms with Gasteiger partial charge in [-0.25, -0.2) is 14.7 Å². The Morgan fingerprint density at radius 2 is 2.18 bits per heavy atom. The first-order valence-corrected chi connectivity index (χ1v) is 5.21. The minimum absolute atomic E-state index is 0.126. The Morgan fingerprint density at radius 1 is 1.41 bits per heavy atom. The second kappa shape index (κ2) is 4.77. The van der Waals surface area contributed by atoms with E-state index in [4.69, 9.17) is 5.90 Å². The topological polar surface area (TPSA) is 55.6 Å². The summed E-state index contributed by atoms with van der Waals surface area (Å²) in [4.78, 5) is 18.1. The monoisotopic (exact) mass is 242 g/mol. The van der Waals surface area contributed by atoms with Gasteiger partial charge in [0.15, 0.2) is 11.6 Å². The molecule has 1 aromatic carbocycles. The van der Waals surface area contributed by atoms with Crippen LogP contribution >= 0.6 is 0 Å². The van der Waals surface area contributed by atoms with Gasteiger partial charge >= 0.3 is 0 Å². The van der Waals surface area contributed by atoms with Crippen LogP contribution in [0.25, 0.3) is 0 Å². The molecule has 0 aromatic heterocycles. The van der Waals surface area contributed by atoms with E-state index >= 15 is 0 Å². The minimum Gasteiger partial charge on any atom is -0.336 e. The lowest BCUT2D eigenvalue weighted by Crippen LogP contribution is -2.30. The largest absolute Gasteiger partial charge is 0.336 e. The van der Waals surface area contributed by atoms with Gasteiger partial charge in [-0.2, -0.15) is 0 Å². The van der Waals surface area contributed by atoms with E-state index < -0.39 is 11.6 Å². The van der Waals surface area contributed by atoms with Crippen LogP contribution in [0.2, 0.25) is 0 Å². The van der Waals surface area contributed by atoms with Crippen LogP contribution in [0, 0.1) is 11.6 Å². The van der Waals surface area contributed by atoms with E-state index in [2.05, 4.69) is 4.84 Å². The predicted molar refractivity (Wildman–Crippen MR) is 55.9 cm³/mol. The van der Waals surface area contributed by atoms with Crippen LogP contribution in [-0.2, 0) is 4.84 Å². The van der Waals surface area contributed by atoms with Gasteiger partial charge in [0.1, 0.15) is 0 Å². The van der Waals surface area contributed by atoms with Crippen molar-refractivity contribution in [1.82, 2.24) is 4.90 Å². The number of halogens is 2. The second-order valence-electron chi connectivity index (χ2n) is 3.93. The van der Waals surface area contributed by atoms with Crippen LogP contribution < -0.4 is 5.90 Å². The van der Waals surface area contributed by atoms with Gasteiger partial charge in [-0.05, 0) is 24.6 Å². The summed E-state index contributed by atoms with van der Waals surface area (Å²) < 4.78 is 25.7. The molecule has 2 N–H and O–H groups in total. The summed E-state index contributed by atoms with van der Waals surface area (Å²) in [7, 11) is 0. The Labute approximate surface area is 96.9 Å². The van der Waals surface area contributed by atoms with E-state index in [-0.39, 0.29) is 17.6 Å². The maximum absolute atomic E-state index is 13.0. The highest BCUT2D eigenvalue weighted by atomic mass is 19.2. The van der Waals surface area contributed by atoms with Crippen molar-refractivity contribution in [2.45, 2.75) is 12.5 Å². The molecule has 6 heteroatoms. The Kier molecular flexibility index (Phi) is 3.35. The van der Waals surface area contributed by atoms with Crippen molar-refractivity contribution < 1.29 is 18.4 Å². The molecule has 92 valence electrons. The van der Waals surface area contributed by atoms with Gasteiger partial charge in [-0.15, -0.1) is 0 Å². The quantitative estimate of drug-likeness (QED) is 0.789. The van der Waals surface area contributed by atoms with Crippen molar-refractivity contribution in [3.05, 3.63) is 35.4 Å². The molecule has 2 rings (SSSR count). The van der Waals surface area contributed by atoms with Gasteiger partial charge in [0.05, 0.1) is 6.10 Å². The highest BCUT2D eigenvalue weighted by molar-refractivity contribution is 5.94. The number of nitrogens with two attached hydrogens (primary N) is 1. The third-order valence-electron chi connectivity index (χ3n) is 2.79. The van der Waals surface area contributed by atoms with Gasteiger partial charge in [0, 0.05) is 18.7 Å². The molecule has 4 nitrogen and oxygen atoms in total. The van der Waals surface area contributed by atoms with Crippen molar-refractivity contribution >= 4 is 5.91 Å². The van der Waals surface area contributed by atoms with Gasteiger partial charge in [-0.1, -0.05) is 0 Å². The van der Waals surface area contributed by atoms with E-state index in [9.17, 15) is 13.6 Å². The Bertz CT molecular complexity index is 439. The molecule has 1 amide bonds. The molecule has 1 heterocycles. The van der Waals surface area contributed by atoms with E-state index in [0.29, 0.717) is 19.5 Å². The molecule has 1 aromatic rings. The van der Waals surface area contributed by atoms with Crippen LogP contribution in [0.1, 0.15) is 16.8 Å². The zero-order chi connectivity index (χ0) is 12.4. The molecule has 17 heavy (non-hydrogen) atoms. The summed E-state index contributed by atoms with van der Waals surface area (Å²) in [6.07, 6.45) is 0.454. The van der Waals surface area contributed by atoms with Crippen molar-refractivity contribution in [3.8, 4) is 0 Å². The number of carbonyl (C=O) groups is 1. The van der Waals surface area contributed by atoms with Gasteiger partial charge in [0.2, 0.25) is 0 Å². The molecule has 0 saturated carbocycles. The summed E-state index contributed by atoms with van der Waals surface area (Å²) in [5.74, 6) is 2.69. The lowest BCUT2D eigenvalue weighted by atomic mass is 10.2. The van der Waals surface area contributed by atoms with Crippen LogP contribution in [0.5, 0.6) is 0 Å². The first kappa shape index (κ1) is 11.9. The highest BCUT2D eigenvalue weighted by Crippen LogP contribution is 2.16. The standard InChI is InChI=1S/C11H12F2N2O2/c12-9-2-1-7(5-10(9)13)11(16)15-4-3-8(6-15)17-14/h1-2,5,8H,3-4,6,14H2. The number of benzene rings is 1. The molecule has 1 aliphatic heterocycles. The molecule has 0 aliphatic carbocycles. The number of hydrogen-bond donors (Lipinski definition) is 1. The smallest absolute Gasteiger partial charge is 0.254 e. The maximum Gasteiger partial charge on any atom is 0.254 e. The van der Waals surface area contributed by atoms with E-state index in [0.717, 1.165) is 12.1 Å². The molecule has 1 fully saturated rings. The predicted octanol–water partition coefficient (Wildman–Crippen LogP) is 1.07. The van der Waals surface area contributed by atoms with Crippen LogP contribution in [0.15, 0.2) is 18.2 Å². The van der Waals surface area contributed by atoms with E-state index in [1.54, 1.807) is 0 Å².